The van der Waals surface area contributed by atoms with Gasteiger partial charge in [-0.25, -0.2) is 0 Å². The summed E-state index contributed by atoms with van der Waals surface area (Å²) in [6, 6.07) is 19.0. The highest BCUT2D eigenvalue weighted by Gasteiger charge is 2.26. The van der Waals surface area contributed by atoms with E-state index < -0.39 is 6.04 Å². The maximum atomic E-state index is 12.9. The van der Waals surface area contributed by atoms with E-state index in [9.17, 15) is 9.59 Å². The smallest absolute Gasteiger partial charge is 0.248 e. The fraction of sp³-hybridized carbons (Fsp3) is 0.320. The van der Waals surface area contributed by atoms with Gasteiger partial charge in [0.05, 0.1) is 5.92 Å². The van der Waals surface area contributed by atoms with Crippen molar-refractivity contribution in [1.82, 2.24) is 14.7 Å². The molecule has 1 fully saturated rings. The zero-order chi connectivity index (χ0) is 22.3. The summed E-state index contributed by atoms with van der Waals surface area (Å²) in [5.41, 5.74) is 2.59. The molecule has 1 aliphatic rings. The largest absolute Gasteiger partial charge is 0.326 e. The van der Waals surface area contributed by atoms with Gasteiger partial charge in [0.1, 0.15) is 6.04 Å². The van der Waals surface area contributed by atoms with Crippen LogP contribution in [0.3, 0.4) is 0 Å². The third kappa shape index (κ3) is 5.62. The standard InChI is InChI=1S/C25H29N5O2/c1-19(30-15-7-13-26-30)24(31)27-22-11-5-12-23(16-22)28-25(32)21-10-6-14-29(18-21)17-20-8-3-2-4-9-20/h2-5,7-9,11-13,15-16,19,21H,6,10,14,17-18H2,1H3,(H,27,31)(H,28,32)/t19-,21+/m1/s1. The summed E-state index contributed by atoms with van der Waals surface area (Å²) in [7, 11) is 0. The highest BCUT2D eigenvalue weighted by molar-refractivity contribution is 5.96. The Morgan fingerprint density at radius 2 is 1.84 bits per heavy atom. The van der Waals surface area contributed by atoms with Crippen molar-refractivity contribution >= 4 is 23.2 Å². The van der Waals surface area contributed by atoms with Crippen molar-refractivity contribution in [2.75, 3.05) is 23.7 Å². The minimum absolute atomic E-state index is 0.0242. The summed E-state index contributed by atoms with van der Waals surface area (Å²) in [4.78, 5) is 27.8. The second-order valence-corrected chi connectivity index (χ2v) is 8.28. The highest BCUT2D eigenvalue weighted by atomic mass is 16.2. The summed E-state index contributed by atoms with van der Waals surface area (Å²) in [6.07, 6.45) is 5.29. The van der Waals surface area contributed by atoms with Gasteiger partial charge >= 0.3 is 0 Å². The molecule has 0 radical (unpaired) electrons. The summed E-state index contributed by atoms with van der Waals surface area (Å²) in [5.74, 6) is -0.192. The lowest BCUT2D eigenvalue weighted by Gasteiger charge is -2.32. The van der Waals surface area contributed by atoms with Gasteiger partial charge in [-0.2, -0.15) is 5.10 Å². The van der Waals surface area contributed by atoms with Gasteiger partial charge in [-0.05, 0) is 56.1 Å². The molecule has 0 saturated carbocycles. The summed E-state index contributed by atoms with van der Waals surface area (Å²) in [5, 5.41) is 10.0. The van der Waals surface area contributed by atoms with E-state index in [4.69, 9.17) is 0 Å². The molecule has 2 atom stereocenters. The van der Waals surface area contributed by atoms with Crippen LogP contribution in [0.1, 0.15) is 31.4 Å². The number of rotatable bonds is 7. The van der Waals surface area contributed by atoms with E-state index in [2.05, 4.69) is 32.8 Å². The number of nitrogens with zero attached hydrogens (tertiary/aromatic N) is 3. The van der Waals surface area contributed by atoms with E-state index in [1.165, 1.54) is 5.56 Å². The van der Waals surface area contributed by atoms with Crippen LogP contribution >= 0.6 is 0 Å². The normalized spacial score (nSPS) is 17.5. The van der Waals surface area contributed by atoms with E-state index in [1.54, 1.807) is 36.1 Å². The van der Waals surface area contributed by atoms with Crippen LogP contribution in [0.5, 0.6) is 0 Å². The molecule has 2 aromatic carbocycles. The van der Waals surface area contributed by atoms with Crippen LogP contribution in [0.2, 0.25) is 0 Å². The number of amides is 2. The lowest BCUT2D eigenvalue weighted by atomic mass is 9.96. The zero-order valence-electron chi connectivity index (χ0n) is 18.3. The second kappa shape index (κ2) is 10.2. The average Bonchev–Trinajstić information content (AvgIpc) is 3.34. The molecular weight excluding hydrogens is 402 g/mol. The molecule has 1 aliphatic heterocycles. The van der Waals surface area contributed by atoms with Crippen molar-refractivity contribution in [1.29, 1.82) is 0 Å². The number of benzene rings is 2. The van der Waals surface area contributed by atoms with Gasteiger partial charge < -0.3 is 10.6 Å². The highest BCUT2D eigenvalue weighted by Crippen LogP contribution is 2.22. The molecule has 1 saturated heterocycles. The van der Waals surface area contributed by atoms with Gasteiger partial charge in [0, 0.05) is 36.9 Å². The van der Waals surface area contributed by atoms with Crippen molar-refractivity contribution in [2.45, 2.75) is 32.4 Å². The van der Waals surface area contributed by atoms with Crippen LogP contribution in [-0.4, -0.2) is 39.6 Å². The zero-order valence-corrected chi connectivity index (χ0v) is 18.3. The average molecular weight is 432 g/mol. The Balaban J connectivity index is 1.33. The molecule has 4 rings (SSSR count). The molecule has 166 valence electrons. The van der Waals surface area contributed by atoms with E-state index in [0.29, 0.717) is 11.4 Å². The molecule has 0 spiro atoms. The predicted molar refractivity (Wildman–Crippen MR) is 125 cm³/mol. The molecule has 32 heavy (non-hydrogen) atoms. The van der Waals surface area contributed by atoms with Gasteiger partial charge in [-0.1, -0.05) is 36.4 Å². The van der Waals surface area contributed by atoms with Crippen molar-refractivity contribution in [3.63, 3.8) is 0 Å². The Morgan fingerprint density at radius 3 is 2.59 bits per heavy atom. The second-order valence-electron chi connectivity index (χ2n) is 8.28. The minimum atomic E-state index is -0.430. The molecule has 2 heterocycles. The molecule has 0 bridgehead atoms. The molecule has 7 nitrogen and oxygen atoms in total. The van der Waals surface area contributed by atoms with Crippen molar-refractivity contribution in [3.05, 3.63) is 78.6 Å². The molecule has 2 N–H and O–H groups in total. The van der Waals surface area contributed by atoms with Crippen molar-refractivity contribution < 1.29 is 9.59 Å². The quantitative estimate of drug-likeness (QED) is 0.594. The van der Waals surface area contributed by atoms with E-state index in [0.717, 1.165) is 32.5 Å². The molecule has 0 aliphatic carbocycles. The van der Waals surface area contributed by atoms with Gasteiger partial charge in [-0.15, -0.1) is 0 Å². The van der Waals surface area contributed by atoms with Crippen molar-refractivity contribution in [3.8, 4) is 0 Å². The van der Waals surface area contributed by atoms with E-state index >= 15 is 0 Å². The Kier molecular flexibility index (Phi) is 6.97. The summed E-state index contributed by atoms with van der Waals surface area (Å²) >= 11 is 0. The Bertz CT molecular complexity index is 1040. The van der Waals surface area contributed by atoms with E-state index in [1.807, 2.05) is 36.4 Å². The molecule has 3 aromatic rings. The van der Waals surface area contributed by atoms with Crippen molar-refractivity contribution in [2.24, 2.45) is 5.92 Å². The van der Waals surface area contributed by atoms with E-state index in [-0.39, 0.29) is 17.7 Å². The number of hydrogen-bond donors (Lipinski definition) is 2. The fourth-order valence-electron chi connectivity index (χ4n) is 4.05. The van der Waals surface area contributed by atoms with Crippen LogP contribution < -0.4 is 10.6 Å². The molecule has 2 amide bonds. The lowest BCUT2D eigenvalue weighted by Crippen LogP contribution is -2.40. The number of carbonyl (C=O) groups is 2. The summed E-state index contributed by atoms with van der Waals surface area (Å²) in [6.45, 7) is 4.41. The summed E-state index contributed by atoms with van der Waals surface area (Å²) < 4.78 is 1.60. The molecule has 1 aromatic heterocycles. The maximum absolute atomic E-state index is 12.9. The number of nitrogens with one attached hydrogen (secondary N) is 2. The molecular formula is C25H29N5O2. The SMILES string of the molecule is C[C@H](C(=O)Nc1cccc(NC(=O)[C@H]2CCCN(Cc3ccccc3)C2)c1)n1cccn1. The Labute approximate surface area is 188 Å². The lowest BCUT2D eigenvalue weighted by molar-refractivity contribution is -0.121. The van der Waals surface area contributed by atoms with Crippen LogP contribution in [0.15, 0.2) is 73.1 Å². The minimum Gasteiger partial charge on any atom is -0.326 e. The topological polar surface area (TPSA) is 79.3 Å². The first-order chi connectivity index (χ1) is 15.6. The van der Waals surface area contributed by atoms with Crippen LogP contribution in [0, 0.1) is 5.92 Å². The fourth-order valence-corrected chi connectivity index (χ4v) is 4.05. The number of hydrogen-bond acceptors (Lipinski definition) is 4. The van der Waals surface area contributed by atoms with Gasteiger partial charge in [-0.3, -0.25) is 19.2 Å². The Morgan fingerprint density at radius 1 is 1.06 bits per heavy atom. The number of anilines is 2. The van der Waals surface area contributed by atoms with Gasteiger partial charge in [0.2, 0.25) is 11.8 Å². The predicted octanol–water partition coefficient (Wildman–Crippen LogP) is 3.93. The first-order valence-electron chi connectivity index (χ1n) is 11.1. The van der Waals surface area contributed by atoms with Crippen LogP contribution in [-0.2, 0) is 16.1 Å². The Hall–Kier alpha value is -3.45. The van der Waals surface area contributed by atoms with Crippen LogP contribution in [0.25, 0.3) is 0 Å². The third-order valence-electron chi connectivity index (χ3n) is 5.82. The van der Waals surface area contributed by atoms with Crippen LogP contribution in [0.4, 0.5) is 11.4 Å². The number of piperidine rings is 1. The number of aromatic nitrogens is 2. The number of likely N-dealkylation sites (tertiary alicyclic amines) is 1. The number of carbonyl (C=O) groups excluding carboxylic acids is 2. The molecule has 0 unspecified atom stereocenters. The first kappa shape index (κ1) is 21.8. The van der Waals surface area contributed by atoms with Gasteiger partial charge in [0.15, 0.2) is 0 Å². The maximum Gasteiger partial charge on any atom is 0.248 e. The van der Waals surface area contributed by atoms with Gasteiger partial charge in [0.25, 0.3) is 0 Å². The first-order valence-corrected chi connectivity index (χ1v) is 11.1. The molecule has 7 heteroatoms. The third-order valence-corrected chi connectivity index (χ3v) is 5.82. The monoisotopic (exact) mass is 431 g/mol.